The van der Waals surface area contributed by atoms with E-state index in [1.165, 1.54) is 5.56 Å². The zero-order valence-electron chi connectivity index (χ0n) is 12.6. The van der Waals surface area contributed by atoms with Crippen LogP contribution >= 0.6 is 0 Å². The third-order valence-electron chi connectivity index (χ3n) is 3.89. The van der Waals surface area contributed by atoms with Crippen LogP contribution in [0.25, 0.3) is 0 Å². The second kappa shape index (κ2) is 6.86. The molecule has 20 heavy (non-hydrogen) atoms. The molecule has 0 aromatic heterocycles. The molecule has 1 fully saturated rings. The first-order chi connectivity index (χ1) is 9.56. The van der Waals surface area contributed by atoms with Crippen molar-refractivity contribution in [2.45, 2.75) is 32.2 Å². The zero-order valence-corrected chi connectivity index (χ0v) is 12.6. The highest BCUT2D eigenvalue weighted by Gasteiger charge is 2.20. The van der Waals surface area contributed by atoms with Crippen molar-refractivity contribution in [2.24, 2.45) is 0 Å². The van der Waals surface area contributed by atoms with Crippen molar-refractivity contribution in [2.75, 3.05) is 32.0 Å². The fourth-order valence-corrected chi connectivity index (χ4v) is 2.55. The smallest absolute Gasteiger partial charge is 0.238 e. The van der Waals surface area contributed by atoms with Gasteiger partial charge in [0.15, 0.2) is 0 Å². The van der Waals surface area contributed by atoms with Crippen LogP contribution in [0.1, 0.15) is 31.7 Å². The number of anilines is 1. The summed E-state index contributed by atoms with van der Waals surface area (Å²) < 4.78 is 0. The summed E-state index contributed by atoms with van der Waals surface area (Å²) in [6.45, 7) is 6.78. The van der Waals surface area contributed by atoms with E-state index < -0.39 is 0 Å². The van der Waals surface area contributed by atoms with Crippen molar-refractivity contribution in [3.8, 4) is 0 Å². The summed E-state index contributed by atoms with van der Waals surface area (Å²) in [5, 5.41) is 6.31. The summed E-state index contributed by atoms with van der Waals surface area (Å²) in [6, 6.07) is 8.56. The summed E-state index contributed by atoms with van der Waals surface area (Å²) in [7, 11) is 2.02. The lowest BCUT2D eigenvalue weighted by atomic mass is 10.0. The molecule has 0 radical (unpaired) electrons. The van der Waals surface area contributed by atoms with Gasteiger partial charge in [-0.25, -0.2) is 0 Å². The molecule has 1 unspecified atom stereocenters. The number of rotatable bonds is 5. The van der Waals surface area contributed by atoms with Crippen LogP contribution in [0.3, 0.4) is 0 Å². The van der Waals surface area contributed by atoms with E-state index in [1.54, 1.807) is 0 Å². The number of hydrogen-bond acceptors (Lipinski definition) is 3. The van der Waals surface area contributed by atoms with Gasteiger partial charge in [-0.1, -0.05) is 26.0 Å². The molecular weight excluding hydrogens is 250 g/mol. The first-order valence-electron chi connectivity index (χ1n) is 7.37. The molecule has 1 aliphatic rings. The van der Waals surface area contributed by atoms with Crippen molar-refractivity contribution in [3.63, 3.8) is 0 Å². The van der Waals surface area contributed by atoms with Gasteiger partial charge >= 0.3 is 0 Å². The van der Waals surface area contributed by atoms with Crippen LogP contribution in [0.2, 0.25) is 0 Å². The number of hydrogen-bond donors (Lipinski definition) is 2. The fourth-order valence-electron chi connectivity index (χ4n) is 2.55. The predicted molar refractivity (Wildman–Crippen MR) is 83.1 cm³/mol. The SMILES string of the molecule is CC(C)c1cccc(NC(=O)CN(C)C2CCNC2)c1. The largest absolute Gasteiger partial charge is 0.325 e. The Morgan fingerprint density at radius 1 is 1.50 bits per heavy atom. The van der Waals surface area contributed by atoms with Crippen LogP contribution in [0, 0.1) is 0 Å². The van der Waals surface area contributed by atoms with Gasteiger partial charge < -0.3 is 10.6 Å². The molecule has 2 N–H and O–H groups in total. The molecule has 4 heteroatoms. The van der Waals surface area contributed by atoms with Gasteiger partial charge in [0.05, 0.1) is 6.54 Å². The number of amides is 1. The van der Waals surface area contributed by atoms with Crippen molar-refractivity contribution in [3.05, 3.63) is 29.8 Å². The van der Waals surface area contributed by atoms with Crippen LogP contribution in [0.15, 0.2) is 24.3 Å². The van der Waals surface area contributed by atoms with E-state index in [2.05, 4.69) is 41.5 Å². The molecule has 1 atom stereocenters. The second-order valence-corrected chi connectivity index (χ2v) is 5.89. The molecule has 0 aliphatic carbocycles. The first kappa shape index (κ1) is 15.0. The highest BCUT2D eigenvalue weighted by Crippen LogP contribution is 2.18. The maximum Gasteiger partial charge on any atom is 0.238 e. The minimum atomic E-state index is 0.0558. The normalized spacial score (nSPS) is 18.8. The Balaban J connectivity index is 1.89. The third-order valence-corrected chi connectivity index (χ3v) is 3.89. The van der Waals surface area contributed by atoms with Gasteiger partial charge in [-0.15, -0.1) is 0 Å². The Labute approximate surface area is 121 Å². The van der Waals surface area contributed by atoms with Gasteiger partial charge in [-0.2, -0.15) is 0 Å². The Kier molecular flexibility index (Phi) is 5.15. The van der Waals surface area contributed by atoms with Crippen LogP contribution < -0.4 is 10.6 Å². The third kappa shape index (κ3) is 4.05. The van der Waals surface area contributed by atoms with Gasteiger partial charge in [-0.05, 0) is 43.6 Å². The molecule has 1 aliphatic heterocycles. The first-order valence-corrected chi connectivity index (χ1v) is 7.37. The van der Waals surface area contributed by atoms with Gasteiger partial charge in [0, 0.05) is 18.3 Å². The standard InChI is InChI=1S/C16H25N3O/c1-12(2)13-5-4-6-14(9-13)18-16(20)11-19(3)15-7-8-17-10-15/h4-6,9,12,15,17H,7-8,10-11H2,1-3H3,(H,18,20). The van der Waals surface area contributed by atoms with Crippen molar-refractivity contribution in [1.29, 1.82) is 0 Å². The van der Waals surface area contributed by atoms with Crippen molar-refractivity contribution < 1.29 is 4.79 Å². The van der Waals surface area contributed by atoms with E-state index in [0.717, 1.165) is 25.2 Å². The van der Waals surface area contributed by atoms with Gasteiger partial charge in [0.25, 0.3) is 0 Å². The number of carbonyl (C=O) groups is 1. The van der Waals surface area contributed by atoms with Crippen LogP contribution in [-0.2, 0) is 4.79 Å². The molecule has 1 heterocycles. The zero-order chi connectivity index (χ0) is 14.5. The number of likely N-dealkylation sites (N-methyl/N-ethyl adjacent to an activating group) is 1. The molecular formula is C16H25N3O. The maximum absolute atomic E-state index is 12.1. The molecule has 1 aromatic rings. The summed E-state index contributed by atoms with van der Waals surface area (Å²) >= 11 is 0. The van der Waals surface area contributed by atoms with Crippen molar-refractivity contribution >= 4 is 11.6 Å². The average Bonchev–Trinajstić information content (AvgIpc) is 2.92. The van der Waals surface area contributed by atoms with E-state index in [0.29, 0.717) is 18.5 Å². The minimum absolute atomic E-state index is 0.0558. The second-order valence-electron chi connectivity index (χ2n) is 5.89. The lowest BCUT2D eigenvalue weighted by Crippen LogP contribution is -2.39. The molecule has 0 saturated carbocycles. The minimum Gasteiger partial charge on any atom is -0.325 e. The summed E-state index contributed by atoms with van der Waals surface area (Å²) in [4.78, 5) is 14.2. The van der Waals surface area contributed by atoms with E-state index in [4.69, 9.17) is 0 Å². The number of nitrogens with one attached hydrogen (secondary N) is 2. The Morgan fingerprint density at radius 3 is 2.95 bits per heavy atom. The molecule has 1 aromatic carbocycles. The molecule has 0 bridgehead atoms. The highest BCUT2D eigenvalue weighted by molar-refractivity contribution is 5.92. The van der Waals surface area contributed by atoms with E-state index in [1.807, 2.05) is 19.2 Å². The lowest BCUT2D eigenvalue weighted by molar-refractivity contribution is -0.117. The average molecular weight is 275 g/mol. The van der Waals surface area contributed by atoms with Crippen LogP contribution in [-0.4, -0.2) is 43.5 Å². The Morgan fingerprint density at radius 2 is 2.30 bits per heavy atom. The fraction of sp³-hybridized carbons (Fsp3) is 0.562. The monoisotopic (exact) mass is 275 g/mol. The van der Waals surface area contributed by atoms with E-state index >= 15 is 0 Å². The van der Waals surface area contributed by atoms with E-state index in [9.17, 15) is 4.79 Å². The van der Waals surface area contributed by atoms with E-state index in [-0.39, 0.29) is 5.91 Å². The Bertz CT molecular complexity index is 453. The number of nitrogens with zero attached hydrogens (tertiary/aromatic N) is 1. The van der Waals surface area contributed by atoms with Crippen molar-refractivity contribution in [1.82, 2.24) is 10.2 Å². The predicted octanol–water partition coefficient (Wildman–Crippen LogP) is 2.04. The van der Waals surface area contributed by atoms with Gasteiger partial charge in [0.2, 0.25) is 5.91 Å². The Hall–Kier alpha value is -1.39. The molecule has 0 spiro atoms. The van der Waals surface area contributed by atoms with Crippen LogP contribution in [0.4, 0.5) is 5.69 Å². The van der Waals surface area contributed by atoms with Gasteiger partial charge in [-0.3, -0.25) is 9.69 Å². The van der Waals surface area contributed by atoms with Gasteiger partial charge in [0.1, 0.15) is 0 Å². The molecule has 110 valence electrons. The number of carbonyl (C=O) groups excluding carboxylic acids is 1. The summed E-state index contributed by atoms with van der Waals surface area (Å²) in [5.74, 6) is 0.527. The molecule has 1 amide bonds. The topological polar surface area (TPSA) is 44.4 Å². The lowest BCUT2D eigenvalue weighted by Gasteiger charge is -2.22. The molecule has 4 nitrogen and oxygen atoms in total. The highest BCUT2D eigenvalue weighted by atomic mass is 16.2. The quantitative estimate of drug-likeness (QED) is 0.864. The molecule has 1 saturated heterocycles. The number of benzene rings is 1. The maximum atomic E-state index is 12.1. The summed E-state index contributed by atoms with van der Waals surface area (Å²) in [5.41, 5.74) is 2.13. The van der Waals surface area contributed by atoms with Crippen LogP contribution in [0.5, 0.6) is 0 Å². The molecule has 2 rings (SSSR count). The summed E-state index contributed by atoms with van der Waals surface area (Å²) in [6.07, 6.45) is 1.12.